The predicted molar refractivity (Wildman–Crippen MR) is 147 cm³/mol. The molecule has 2 aliphatic heterocycles. The summed E-state index contributed by atoms with van der Waals surface area (Å²) in [5.41, 5.74) is 3.79. The van der Waals surface area contributed by atoms with Gasteiger partial charge in [0.1, 0.15) is 5.71 Å². The number of para-hydroxylation sites is 2. The molecular formula is C26H30N10O2. The van der Waals surface area contributed by atoms with E-state index in [-0.39, 0.29) is 13.2 Å². The molecule has 1 fully saturated rings. The van der Waals surface area contributed by atoms with Crippen molar-refractivity contribution >= 4 is 51.9 Å². The number of nitrogens with zero attached hydrogens (tertiary/aromatic N) is 9. The van der Waals surface area contributed by atoms with Crippen molar-refractivity contribution in [2.75, 3.05) is 44.6 Å². The number of piperazine rings is 1. The van der Waals surface area contributed by atoms with Gasteiger partial charge in [-0.15, -0.1) is 5.10 Å². The van der Waals surface area contributed by atoms with E-state index >= 15 is 0 Å². The number of nitrogens with one attached hydrogen (secondary N) is 1. The molecule has 2 aromatic heterocycles. The maximum absolute atomic E-state index is 13.0. The first-order chi connectivity index (χ1) is 18.7. The lowest BCUT2D eigenvalue weighted by Crippen LogP contribution is -2.52. The van der Waals surface area contributed by atoms with E-state index in [9.17, 15) is 9.59 Å². The summed E-state index contributed by atoms with van der Waals surface area (Å²) in [6.07, 6.45) is 1.54. The van der Waals surface area contributed by atoms with Gasteiger partial charge in [-0.05, 0) is 46.8 Å². The summed E-state index contributed by atoms with van der Waals surface area (Å²) >= 11 is 0. The molecule has 0 aliphatic carbocycles. The van der Waals surface area contributed by atoms with Gasteiger partial charge >= 0.3 is 0 Å². The first kappa shape index (κ1) is 24.9. The van der Waals surface area contributed by atoms with E-state index in [2.05, 4.69) is 35.8 Å². The zero-order valence-corrected chi connectivity index (χ0v) is 21.3. The summed E-state index contributed by atoms with van der Waals surface area (Å²) in [7, 11) is 0. The lowest BCUT2D eigenvalue weighted by atomic mass is 10.1. The maximum atomic E-state index is 13.0. The van der Waals surface area contributed by atoms with Gasteiger partial charge in [-0.3, -0.25) is 19.6 Å². The van der Waals surface area contributed by atoms with Crippen LogP contribution in [0.25, 0.3) is 16.7 Å². The smallest absolute Gasteiger partial charge is 0.273 e. The van der Waals surface area contributed by atoms with Crippen molar-refractivity contribution in [2.24, 2.45) is 9.98 Å². The van der Waals surface area contributed by atoms with Gasteiger partial charge in [0, 0.05) is 38.9 Å². The summed E-state index contributed by atoms with van der Waals surface area (Å²) < 4.78 is 1.64. The number of hydrogen-bond donors (Lipinski definition) is 1. The SMILES string of the molecule is CC.O=C(C1=NCCN=C1)N1CCN(C(=O)c2ccc(Nc3nc4ccccc4n4nnnc34)cc2)CC1.[HH]. The zero-order chi connectivity index (χ0) is 26.5. The average Bonchev–Trinajstić information content (AvgIpc) is 3.49. The van der Waals surface area contributed by atoms with Crippen LogP contribution in [0.15, 0.2) is 58.5 Å². The monoisotopic (exact) mass is 514 g/mol. The first-order valence-corrected chi connectivity index (χ1v) is 12.6. The van der Waals surface area contributed by atoms with Crippen LogP contribution in [0, 0.1) is 0 Å². The number of tetrazole rings is 1. The van der Waals surface area contributed by atoms with Crippen LogP contribution in [0.5, 0.6) is 0 Å². The topological polar surface area (TPSA) is 133 Å². The second-order valence-electron chi connectivity index (χ2n) is 8.45. The molecule has 0 radical (unpaired) electrons. The highest BCUT2D eigenvalue weighted by molar-refractivity contribution is 6.60. The van der Waals surface area contributed by atoms with Gasteiger partial charge in [-0.25, -0.2) is 4.98 Å². The first-order valence-electron chi connectivity index (χ1n) is 12.6. The van der Waals surface area contributed by atoms with Crippen molar-refractivity contribution in [3.8, 4) is 0 Å². The van der Waals surface area contributed by atoms with Crippen LogP contribution in [0.1, 0.15) is 25.6 Å². The highest BCUT2D eigenvalue weighted by Crippen LogP contribution is 2.23. The molecule has 12 heteroatoms. The van der Waals surface area contributed by atoms with Gasteiger partial charge in [0.2, 0.25) is 5.65 Å². The second-order valence-corrected chi connectivity index (χ2v) is 8.45. The van der Waals surface area contributed by atoms with Gasteiger partial charge in [0.25, 0.3) is 11.8 Å². The number of fused-ring (bicyclic) bond motifs is 3. The Morgan fingerprint density at radius 2 is 1.61 bits per heavy atom. The Bertz CT molecular complexity index is 1530. The minimum atomic E-state index is -0.125. The van der Waals surface area contributed by atoms with Crippen molar-refractivity contribution in [1.82, 2.24) is 34.8 Å². The summed E-state index contributed by atoms with van der Waals surface area (Å²) in [6.45, 7) is 7.02. The molecule has 0 bridgehead atoms. The summed E-state index contributed by atoms with van der Waals surface area (Å²) in [5, 5.41) is 15.2. The number of amides is 2. The lowest BCUT2D eigenvalue weighted by Gasteiger charge is -2.34. The van der Waals surface area contributed by atoms with Crippen LogP contribution in [-0.2, 0) is 4.79 Å². The molecule has 1 N–H and O–H groups in total. The summed E-state index contributed by atoms with van der Waals surface area (Å²) in [4.78, 5) is 42.2. The number of carbonyl (C=O) groups excluding carboxylic acids is 2. The van der Waals surface area contributed by atoms with Crippen molar-refractivity contribution in [3.63, 3.8) is 0 Å². The Morgan fingerprint density at radius 3 is 2.32 bits per heavy atom. The summed E-state index contributed by atoms with van der Waals surface area (Å²) in [5.74, 6) is 0.324. The van der Waals surface area contributed by atoms with Gasteiger partial charge in [-0.2, -0.15) is 4.52 Å². The van der Waals surface area contributed by atoms with Crippen LogP contribution in [0.3, 0.4) is 0 Å². The Hall–Kier alpha value is -4.74. The maximum Gasteiger partial charge on any atom is 0.273 e. The van der Waals surface area contributed by atoms with Gasteiger partial charge in [-0.1, -0.05) is 26.0 Å². The molecule has 38 heavy (non-hydrogen) atoms. The largest absolute Gasteiger partial charge is 0.337 e. The minimum Gasteiger partial charge on any atom is -0.337 e. The molecule has 12 nitrogen and oxygen atoms in total. The van der Waals surface area contributed by atoms with E-state index in [1.165, 1.54) is 6.21 Å². The Balaban J connectivity index is 0.00000115. The van der Waals surface area contributed by atoms with E-state index in [4.69, 9.17) is 0 Å². The molecule has 2 amide bonds. The van der Waals surface area contributed by atoms with Gasteiger partial charge < -0.3 is 15.1 Å². The molecule has 2 aromatic carbocycles. The number of anilines is 2. The third kappa shape index (κ3) is 4.92. The molecule has 0 saturated carbocycles. The fraction of sp³-hybridized carbons (Fsp3) is 0.308. The van der Waals surface area contributed by atoms with Crippen LogP contribution in [-0.4, -0.2) is 97.8 Å². The average molecular weight is 515 g/mol. The molecule has 0 atom stereocenters. The Morgan fingerprint density at radius 1 is 0.895 bits per heavy atom. The van der Waals surface area contributed by atoms with Crippen LogP contribution in [0.2, 0.25) is 0 Å². The molecular weight excluding hydrogens is 484 g/mol. The van der Waals surface area contributed by atoms with E-state index in [0.717, 1.165) is 16.7 Å². The van der Waals surface area contributed by atoms with Crippen molar-refractivity contribution < 1.29 is 11.0 Å². The van der Waals surface area contributed by atoms with Crippen molar-refractivity contribution in [3.05, 3.63) is 54.1 Å². The number of carbonyl (C=O) groups is 2. The Labute approximate surface area is 220 Å². The van der Waals surface area contributed by atoms with E-state index < -0.39 is 0 Å². The molecule has 6 rings (SSSR count). The van der Waals surface area contributed by atoms with E-state index in [1.807, 2.05) is 50.2 Å². The third-order valence-corrected chi connectivity index (χ3v) is 6.22. The highest BCUT2D eigenvalue weighted by atomic mass is 16.2. The fourth-order valence-electron chi connectivity index (χ4n) is 4.32. The molecule has 4 aromatic rings. The number of benzene rings is 2. The van der Waals surface area contributed by atoms with Crippen molar-refractivity contribution in [1.29, 1.82) is 0 Å². The molecule has 196 valence electrons. The van der Waals surface area contributed by atoms with E-state index in [1.54, 1.807) is 26.4 Å². The molecule has 1 saturated heterocycles. The number of rotatable bonds is 4. The Kier molecular flexibility index (Phi) is 7.29. The van der Waals surface area contributed by atoms with Crippen LogP contribution < -0.4 is 5.32 Å². The molecule has 4 heterocycles. The number of hydrogen-bond acceptors (Lipinski definition) is 9. The van der Waals surface area contributed by atoms with Crippen LogP contribution >= 0.6 is 0 Å². The minimum absolute atomic E-state index is 0. The van der Waals surface area contributed by atoms with E-state index in [0.29, 0.717) is 62.0 Å². The molecule has 0 spiro atoms. The molecule has 2 aliphatic rings. The van der Waals surface area contributed by atoms with Crippen molar-refractivity contribution in [2.45, 2.75) is 13.8 Å². The number of aromatic nitrogens is 5. The van der Waals surface area contributed by atoms with Gasteiger partial charge in [0.05, 0.1) is 30.3 Å². The second kappa shape index (κ2) is 11.1. The zero-order valence-electron chi connectivity index (χ0n) is 21.3. The normalized spacial score (nSPS) is 15.2. The fourth-order valence-corrected chi connectivity index (χ4v) is 4.32. The highest BCUT2D eigenvalue weighted by Gasteiger charge is 2.27. The van der Waals surface area contributed by atoms with Gasteiger partial charge in [0.15, 0.2) is 5.82 Å². The predicted octanol–water partition coefficient (Wildman–Crippen LogP) is 2.50. The molecule has 0 unspecified atom stereocenters. The van der Waals surface area contributed by atoms with Crippen LogP contribution in [0.4, 0.5) is 11.5 Å². The summed E-state index contributed by atoms with van der Waals surface area (Å²) in [6, 6.07) is 14.8. The third-order valence-electron chi connectivity index (χ3n) is 6.22. The number of aliphatic imine (C=N–C) groups is 2. The standard InChI is InChI=1S/C24H22N10O2.C2H6.H2/c35-23(32-11-13-33(14-12-32)24(36)19-15-25-9-10-26-19)16-5-7-17(8-6-16)27-21-22-29-30-31-34(22)20-4-2-1-3-18(20)28-21;1-2;/h1-8,15H,9-14H2,(H,27,28);1-2H3;1H. The quantitative estimate of drug-likeness (QED) is 0.442. The lowest BCUT2D eigenvalue weighted by molar-refractivity contribution is -0.125.